The van der Waals surface area contributed by atoms with Gasteiger partial charge in [0.15, 0.2) is 5.69 Å². The summed E-state index contributed by atoms with van der Waals surface area (Å²) in [4.78, 5) is 6.70. The molecule has 100 valence electrons. The second-order valence-corrected chi connectivity index (χ2v) is 3.97. The van der Waals surface area contributed by atoms with Crippen molar-refractivity contribution in [1.29, 1.82) is 0 Å². The first-order chi connectivity index (χ1) is 8.95. The highest BCUT2D eigenvalue weighted by atomic mass is 35.5. The van der Waals surface area contributed by atoms with Gasteiger partial charge >= 0.3 is 6.18 Å². The lowest BCUT2D eigenvalue weighted by atomic mass is 10.2. The van der Waals surface area contributed by atoms with Gasteiger partial charge in [0, 0.05) is 6.07 Å². The maximum Gasteiger partial charge on any atom is 0.433 e. The highest BCUT2D eigenvalue weighted by molar-refractivity contribution is 6.28. The topological polar surface area (TPSA) is 35.0 Å². The molecule has 0 atom stereocenters. The first kappa shape index (κ1) is 13.6. The number of aromatic nitrogens is 2. The lowest BCUT2D eigenvalue weighted by molar-refractivity contribution is -0.141. The fourth-order valence-corrected chi connectivity index (χ4v) is 1.52. The number of benzene rings is 1. The molecule has 7 heteroatoms. The third kappa shape index (κ3) is 3.82. The zero-order valence-corrected chi connectivity index (χ0v) is 10.2. The van der Waals surface area contributed by atoms with Gasteiger partial charge in [-0.3, -0.25) is 0 Å². The van der Waals surface area contributed by atoms with Crippen LogP contribution in [0.15, 0.2) is 36.4 Å². The van der Waals surface area contributed by atoms with Crippen LogP contribution in [0.25, 0.3) is 0 Å². The normalized spacial score (nSPS) is 11.4. The van der Waals surface area contributed by atoms with E-state index in [0.29, 0.717) is 0 Å². The van der Waals surface area contributed by atoms with E-state index < -0.39 is 17.2 Å². The number of nitrogens with zero attached hydrogens (tertiary/aromatic N) is 2. The zero-order chi connectivity index (χ0) is 13.9. The molecule has 0 spiro atoms. The van der Waals surface area contributed by atoms with E-state index in [1.54, 1.807) is 24.3 Å². The first-order valence-corrected chi connectivity index (χ1v) is 5.61. The molecular formula is C12H8ClF3N2O. The summed E-state index contributed by atoms with van der Waals surface area (Å²) in [7, 11) is 0. The highest BCUT2D eigenvalue weighted by Gasteiger charge is 2.33. The maximum absolute atomic E-state index is 12.5. The van der Waals surface area contributed by atoms with Gasteiger partial charge in [0.25, 0.3) is 0 Å². The third-order valence-electron chi connectivity index (χ3n) is 2.20. The predicted octanol–water partition coefficient (Wildman–Crippen LogP) is 3.73. The summed E-state index contributed by atoms with van der Waals surface area (Å²) in [5.41, 5.74) is -0.318. The maximum atomic E-state index is 12.5. The number of alkyl halides is 3. The van der Waals surface area contributed by atoms with E-state index in [4.69, 9.17) is 16.3 Å². The van der Waals surface area contributed by atoms with Crippen LogP contribution in [0.1, 0.15) is 11.3 Å². The SMILES string of the molecule is FC(F)(F)c1cc(OCc2ccccc2)nc(Cl)n1. The van der Waals surface area contributed by atoms with Crippen LogP contribution in [-0.4, -0.2) is 9.97 Å². The molecule has 0 amide bonds. The van der Waals surface area contributed by atoms with Gasteiger partial charge in [-0.1, -0.05) is 30.3 Å². The van der Waals surface area contributed by atoms with Gasteiger partial charge in [-0.05, 0) is 17.2 Å². The van der Waals surface area contributed by atoms with Crippen molar-refractivity contribution >= 4 is 11.6 Å². The van der Waals surface area contributed by atoms with Gasteiger partial charge < -0.3 is 4.74 Å². The van der Waals surface area contributed by atoms with Crippen molar-refractivity contribution in [3.63, 3.8) is 0 Å². The van der Waals surface area contributed by atoms with Crippen molar-refractivity contribution in [2.45, 2.75) is 12.8 Å². The van der Waals surface area contributed by atoms with Crippen LogP contribution in [0.3, 0.4) is 0 Å². The van der Waals surface area contributed by atoms with E-state index >= 15 is 0 Å². The van der Waals surface area contributed by atoms with Gasteiger partial charge in [-0.15, -0.1) is 0 Å². The Kier molecular flexibility index (Phi) is 3.90. The molecule has 3 nitrogen and oxygen atoms in total. The number of rotatable bonds is 3. The summed E-state index contributed by atoms with van der Waals surface area (Å²) >= 11 is 5.44. The lowest BCUT2D eigenvalue weighted by Gasteiger charge is -2.09. The summed E-state index contributed by atoms with van der Waals surface area (Å²) in [6.45, 7) is 0.103. The van der Waals surface area contributed by atoms with Crippen molar-refractivity contribution in [1.82, 2.24) is 9.97 Å². The molecule has 0 fully saturated rings. The van der Waals surface area contributed by atoms with E-state index in [-0.39, 0.29) is 12.5 Å². The molecule has 0 unspecified atom stereocenters. The lowest BCUT2D eigenvalue weighted by Crippen LogP contribution is -2.10. The molecule has 19 heavy (non-hydrogen) atoms. The summed E-state index contributed by atoms with van der Waals surface area (Å²) < 4.78 is 42.7. The minimum Gasteiger partial charge on any atom is -0.473 e. The Hall–Kier alpha value is -1.82. The molecule has 0 N–H and O–H groups in total. The van der Waals surface area contributed by atoms with E-state index in [9.17, 15) is 13.2 Å². The quantitative estimate of drug-likeness (QED) is 0.807. The predicted molar refractivity (Wildman–Crippen MR) is 62.8 cm³/mol. The Morgan fingerprint density at radius 3 is 2.42 bits per heavy atom. The molecule has 1 aromatic heterocycles. The number of halogens is 4. The Bertz CT molecular complexity index is 561. The van der Waals surface area contributed by atoms with Gasteiger partial charge in [-0.2, -0.15) is 18.2 Å². The molecule has 1 heterocycles. The average molecular weight is 289 g/mol. The Balaban J connectivity index is 2.15. The molecule has 0 radical (unpaired) electrons. The molecule has 0 aliphatic rings. The number of hydrogen-bond acceptors (Lipinski definition) is 3. The van der Waals surface area contributed by atoms with Crippen LogP contribution in [0, 0.1) is 0 Å². The van der Waals surface area contributed by atoms with Crippen LogP contribution < -0.4 is 4.74 Å². The Labute approximate surface area is 112 Å². The van der Waals surface area contributed by atoms with Crippen LogP contribution in [0.4, 0.5) is 13.2 Å². The molecule has 0 saturated heterocycles. The minimum absolute atomic E-state index is 0.103. The van der Waals surface area contributed by atoms with Crippen molar-refractivity contribution in [2.24, 2.45) is 0 Å². The zero-order valence-electron chi connectivity index (χ0n) is 9.49. The van der Waals surface area contributed by atoms with Crippen LogP contribution >= 0.6 is 11.6 Å². The van der Waals surface area contributed by atoms with E-state index in [2.05, 4.69) is 9.97 Å². The summed E-state index contributed by atoms with van der Waals surface area (Å²) in [6.07, 6.45) is -4.59. The van der Waals surface area contributed by atoms with Crippen molar-refractivity contribution < 1.29 is 17.9 Å². The van der Waals surface area contributed by atoms with Crippen LogP contribution in [0.2, 0.25) is 5.28 Å². The summed E-state index contributed by atoms with van der Waals surface area (Å²) in [6, 6.07) is 9.71. The highest BCUT2D eigenvalue weighted by Crippen LogP contribution is 2.30. The summed E-state index contributed by atoms with van der Waals surface area (Å²) in [5, 5.41) is -0.502. The molecule has 0 saturated carbocycles. The average Bonchev–Trinajstić information content (AvgIpc) is 2.36. The van der Waals surface area contributed by atoms with Crippen molar-refractivity contribution in [3.05, 3.63) is 52.9 Å². The molecule has 0 aliphatic heterocycles. The van der Waals surface area contributed by atoms with Crippen molar-refractivity contribution in [3.8, 4) is 5.88 Å². The van der Waals surface area contributed by atoms with Crippen LogP contribution in [-0.2, 0) is 12.8 Å². The van der Waals surface area contributed by atoms with Gasteiger partial charge in [0.1, 0.15) is 6.61 Å². The van der Waals surface area contributed by atoms with Crippen LogP contribution in [0.5, 0.6) is 5.88 Å². The smallest absolute Gasteiger partial charge is 0.433 e. The number of hydrogen-bond donors (Lipinski definition) is 0. The Morgan fingerprint density at radius 2 is 1.79 bits per heavy atom. The molecule has 2 aromatic rings. The fourth-order valence-electron chi connectivity index (χ4n) is 1.35. The number of ether oxygens (including phenoxy) is 1. The molecule has 2 rings (SSSR count). The van der Waals surface area contributed by atoms with Gasteiger partial charge in [0.05, 0.1) is 0 Å². The second-order valence-electron chi connectivity index (χ2n) is 3.63. The minimum atomic E-state index is -4.59. The van der Waals surface area contributed by atoms with Crippen molar-refractivity contribution in [2.75, 3.05) is 0 Å². The summed E-state index contributed by atoms with van der Waals surface area (Å²) in [5.74, 6) is -0.212. The standard InChI is InChI=1S/C12H8ClF3N2O/c13-11-17-9(12(14,15)16)6-10(18-11)19-7-8-4-2-1-3-5-8/h1-6H,7H2. The van der Waals surface area contributed by atoms with Gasteiger partial charge in [-0.25, -0.2) is 4.98 Å². The largest absolute Gasteiger partial charge is 0.473 e. The van der Waals surface area contributed by atoms with E-state index in [0.717, 1.165) is 11.6 Å². The van der Waals surface area contributed by atoms with E-state index in [1.165, 1.54) is 0 Å². The van der Waals surface area contributed by atoms with E-state index in [1.807, 2.05) is 6.07 Å². The molecule has 1 aromatic carbocycles. The Morgan fingerprint density at radius 1 is 1.11 bits per heavy atom. The monoisotopic (exact) mass is 288 g/mol. The van der Waals surface area contributed by atoms with Gasteiger partial charge in [0.2, 0.25) is 11.2 Å². The molecule has 0 aliphatic carbocycles. The fraction of sp³-hybridized carbons (Fsp3) is 0.167. The molecular weight excluding hydrogens is 281 g/mol. The second kappa shape index (κ2) is 5.44. The first-order valence-electron chi connectivity index (χ1n) is 5.23. The third-order valence-corrected chi connectivity index (χ3v) is 2.36. The molecule has 0 bridgehead atoms.